The van der Waals surface area contributed by atoms with Crippen LogP contribution < -0.4 is 0 Å². The van der Waals surface area contributed by atoms with E-state index in [4.69, 9.17) is 0 Å². The minimum absolute atomic E-state index is 0.732. The van der Waals surface area contributed by atoms with E-state index in [1.54, 1.807) is 0 Å². The number of rotatable bonds is 0. The van der Waals surface area contributed by atoms with Crippen LogP contribution in [0.25, 0.3) is 0 Å². The summed E-state index contributed by atoms with van der Waals surface area (Å²) in [7, 11) is 0. The van der Waals surface area contributed by atoms with Crippen molar-refractivity contribution >= 4 is 0 Å². The molecule has 0 heteroatoms. The van der Waals surface area contributed by atoms with Crippen molar-refractivity contribution in [3.8, 4) is 11.8 Å². The standard InChI is InChI=1S/C16H26/c1-13-3-7-15(8-4-13)11-12-16-9-5-14(2)6-10-16/h13-16H,3-10H2,1-2H3. The first-order valence-corrected chi connectivity index (χ1v) is 7.25. The van der Waals surface area contributed by atoms with Crippen LogP contribution in [0.15, 0.2) is 0 Å². The molecule has 0 unspecified atom stereocenters. The lowest BCUT2D eigenvalue weighted by Crippen LogP contribution is -2.13. The van der Waals surface area contributed by atoms with Crippen LogP contribution in [-0.4, -0.2) is 0 Å². The van der Waals surface area contributed by atoms with Crippen LogP contribution in [0.4, 0.5) is 0 Å². The van der Waals surface area contributed by atoms with Gasteiger partial charge in [-0.3, -0.25) is 0 Å². The van der Waals surface area contributed by atoms with Crippen LogP contribution in [0.5, 0.6) is 0 Å². The molecule has 0 aromatic rings. The molecule has 0 saturated heterocycles. The molecule has 0 aromatic carbocycles. The van der Waals surface area contributed by atoms with Gasteiger partial charge in [-0.1, -0.05) is 25.7 Å². The zero-order valence-corrected chi connectivity index (χ0v) is 11.0. The minimum atomic E-state index is 0.732. The van der Waals surface area contributed by atoms with Gasteiger partial charge in [0, 0.05) is 11.8 Å². The Morgan fingerprint density at radius 2 is 0.875 bits per heavy atom. The lowest BCUT2D eigenvalue weighted by atomic mass is 9.81. The van der Waals surface area contributed by atoms with E-state index in [1.165, 1.54) is 51.4 Å². The molecule has 0 amide bonds. The van der Waals surface area contributed by atoms with E-state index in [0.717, 1.165) is 23.7 Å². The van der Waals surface area contributed by atoms with E-state index >= 15 is 0 Å². The monoisotopic (exact) mass is 218 g/mol. The second-order valence-electron chi connectivity index (χ2n) is 6.20. The van der Waals surface area contributed by atoms with Crippen molar-refractivity contribution in [2.45, 2.75) is 65.2 Å². The lowest BCUT2D eigenvalue weighted by molar-refractivity contribution is 0.330. The zero-order valence-electron chi connectivity index (χ0n) is 11.0. The summed E-state index contributed by atoms with van der Waals surface area (Å²) in [6, 6.07) is 0. The summed E-state index contributed by atoms with van der Waals surface area (Å²) in [6.07, 6.45) is 11.0. The molecule has 0 N–H and O–H groups in total. The summed E-state index contributed by atoms with van der Waals surface area (Å²) in [4.78, 5) is 0. The predicted octanol–water partition coefficient (Wildman–Crippen LogP) is 4.64. The Kier molecular flexibility index (Phi) is 4.33. The van der Waals surface area contributed by atoms with Gasteiger partial charge >= 0.3 is 0 Å². The second-order valence-corrected chi connectivity index (χ2v) is 6.20. The summed E-state index contributed by atoms with van der Waals surface area (Å²) in [5, 5.41) is 0. The Labute approximate surface area is 101 Å². The van der Waals surface area contributed by atoms with Gasteiger partial charge in [0.1, 0.15) is 0 Å². The summed E-state index contributed by atoms with van der Waals surface area (Å²) < 4.78 is 0. The first-order chi connectivity index (χ1) is 7.74. The molecule has 0 aliphatic heterocycles. The highest BCUT2D eigenvalue weighted by Crippen LogP contribution is 2.30. The number of hydrogen-bond acceptors (Lipinski definition) is 0. The van der Waals surface area contributed by atoms with Crippen molar-refractivity contribution in [1.29, 1.82) is 0 Å². The summed E-state index contributed by atoms with van der Waals surface area (Å²) in [5.41, 5.74) is 0. The summed E-state index contributed by atoms with van der Waals surface area (Å²) >= 11 is 0. The largest absolute Gasteiger partial charge is 0.0996 e. The van der Waals surface area contributed by atoms with Gasteiger partial charge < -0.3 is 0 Å². The Balaban J connectivity index is 1.76. The van der Waals surface area contributed by atoms with Crippen molar-refractivity contribution in [1.82, 2.24) is 0 Å². The van der Waals surface area contributed by atoms with Crippen LogP contribution in [0.1, 0.15) is 65.2 Å². The van der Waals surface area contributed by atoms with Crippen LogP contribution in [0.3, 0.4) is 0 Å². The molecule has 2 aliphatic rings. The molecule has 16 heavy (non-hydrogen) atoms. The third-order valence-electron chi connectivity index (χ3n) is 4.52. The summed E-state index contributed by atoms with van der Waals surface area (Å²) in [6.45, 7) is 4.76. The third-order valence-corrected chi connectivity index (χ3v) is 4.52. The van der Waals surface area contributed by atoms with Crippen molar-refractivity contribution < 1.29 is 0 Å². The molecule has 2 fully saturated rings. The normalized spacial score (nSPS) is 39.9. The first-order valence-electron chi connectivity index (χ1n) is 7.25. The molecule has 0 bridgehead atoms. The number of hydrogen-bond donors (Lipinski definition) is 0. The van der Waals surface area contributed by atoms with Crippen molar-refractivity contribution in [2.24, 2.45) is 23.7 Å². The van der Waals surface area contributed by atoms with Gasteiger partial charge in [0.2, 0.25) is 0 Å². The molecule has 2 aliphatic carbocycles. The maximum Gasteiger partial charge on any atom is 0.0203 e. The molecule has 2 saturated carbocycles. The van der Waals surface area contributed by atoms with Gasteiger partial charge in [0.25, 0.3) is 0 Å². The van der Waals surface area contributed by atoms with Gasteiger partial charge in [0.05, 0.1) is 0 Å². The first kappa shape index (κ1) is 12.0. The van der Waals surface area contributed by atoms with Crippen LogP contribution in [0.2, 0.25) is 0 Å². The average Bonchev–Trinajstić information content (AvgIpc) is 2.30. The maximum atomic E-state index is 3.58. The molecule has 0 spiro atoms. The molecular weight excluding hydrogens is 192 g/mol. The van der Waals surface area contributed by atoms with Gasteiger partial charge in [0.15, 0.2) is 0 Å². The molecule has 0 heterocycles. The molecule has 2 rings (SSSR count). The second kappa shape index (κ2) is 5.76. The van der Waals surface area contributed by atoms with Gasteiger partial charge in [-0.15, -0.1) is 0 Å². The van der Waals surface area contributed by atoms with Crippen molar-refractivity contribution in [3.63, 3.8) is 0 Å². The molecule has 0 aromatic heterocycles. The van der Waals surface area contributed by atoms with E-state index in [2.05, 4.69) is 25.7 Å². The maximum absolute atomic E-state index is 3.58. The smallest absolute Gasteiger partial charge is 0.0203 e. The molecular formula is C16H26. The topological polar surface area (TPSA) is 0 Å². The summed E-state index contributed by atoms with van der Waals surface area (Å²) in [5.74, 6) is 10.5. The zero-order chi connectivity index (χ0) is 11.4. The van der Waals surface area contributed by atoms with Crippen LogP contribution in [0, 0.1) is 35.5 Å². The minimum Gasteiger partial charge on any atom is -0.0996 e. The highest BCUT2D eigenvalue weighted by Gasteiger charge is 2.18. The van der Waals surface area contributed by atoms with E-state index in [-0.39, 0.29) is 0 Å². The fraction of sp³-hybridized carbons (Fsp3) is 0.875. The highest BCUT2D eigenvalue weighted by molar-refractivity contribution is 5.08. The van der Waals surface area contributed by atoms with Crippen molar-refractivity contribution in [2.75, 3.05) is 0 Å². The third kappa shape index (κ3) is 3.55. The SMILES string of the molecule is CC1CCC(C#CC2CCC(C)CC2)CC1. The molecule has 0 radical (unpaired) electrons. The van der Waals surface area contributed by atoms with Gasteiger partial charge in [-0.25, -0.2) is 0 Å². The van der Waals surface area contributed by atoms with E-state index in [1.807, 2.05) is 0 Å². The van der Waals surface area contributed by atoms with E-state index < -0.39 is 0 Å². The Morgan fingerprint density at radius 3 is 1.19 bits per heavy atom. The van der Waals surface area contributed by atoms with Gasteiger partial charge in [-0.05, 0) is 63.2 Å². The van der Waals surface area contributed by atoms with Gasteiger partial charge in [-0.2, -0.15) is 0 Å². The van der Waals surface area contributed by atoms with E-state index in [0.29, 0.717) is 0 Å². The Morgan fingerprint density at radius 1 is 0.562 bits per heavy atom. The van der Waals surface area contributed by atoms with E-state index in [9.17, 15) is 0 Å². The predicted molar refractivity (Wildman–Crippen MR) is 70.0 cm³/mol. The fourth-order valence-electron chi connectivity index (χ4n) is 3.04. The highest BCUT2D eigenvalue weighted by atomic mass is 14.2. The Hall–Kier alpha value is -0.440. The lowest BCUT2D eigenvalue weighted by Gasteiger charge is -2.24. The molecule has 0 atom stereocenters. The molecule has 90 valence electrons. The van der Waals surface area contributed by atoms with Crippen LogP contribution in [-0.2, 0) is 0 Å². The Bertz CT molecular complexity index is 225. The van der Waals surface area contributed by atoms with Crippen LogP contribution >= 0.6 is 0 Å². The van der Waals surface area contributed by atoms with Crippen molar-refractivity contribution in [3.05, 3.63) is 0 Å². The quantitative estimate of drug-likeness (QED) is 0.519. The molecule has 0 nitrogen and oxygen atoms in total. The average molecular weight is 218 g/mol. The fourth-order valence-corrected chi connectivity index (χ4v) is 3.04.